The van der Waals surface area contributed by atoms with Crippen molar-refractivity contribution < 1.29 is 9.84 Å². The normalized spacial score (nSPS) is 11.9. The van der Waals surface area contributed by atoms with Gasteiger partial charge in [0.2, 0.25) is 0 Å². The maximum atomic E-state index is 9.10. The zero-order chi connectivity index (χ0) is 18.2. The maximum absolute atomic E-state index is 9.10. The minimum Gasteiger partial charge on any atom is -0.489 e. The largest absolute Gasteiger partial charge is 0.489 e. The molecule has 1 unspecified atom stereocenters. The van der Waals surface area contributed by atoms with E-state index in [1.165, 1.54) is 22.3 Å². The summed E-state index contributed by atoms with van der Waals surface area (Å²) in [5, 5.41) is 9.10. The van der Waals surface area contributed by atoms with Crippen LogP contribution in [0.15, 0.2) is 78.9 Å². The molecule has 3 rings (SSSR count). The Morgan fingerprint density at radius 2 is 1.54 bits per heavy atom. The molecule has 2 heteroatoms. The van der Waals surface area contributed by atoms with Gasteiger partial charge in [0, 0.05) is 6.61 Å². The molecule has 0 aliphatic heterocycles. The summed E-state index contributed by atoms with van der Waals surface area (Å²) < 4.78 is 5.89. The van der Waals surface area contributed by atoms with E-state index < -0.39 is 0 Å². The van der Waals surface area contributed by atoms with Gasteiger partial charge in [-0.3, -0.25) is 0 Å². The summed E-state index contributed by atoms with van der Waals surface area (Å²) in [6.07, 6.45) is 1.83. The smallest absolute Gasteiger partial charge is 0.119 e. The lowest BCUT2D eigenvalue weighted by atomic mass is 9.89. The first kappa shape index (κ1) is 18.2. The Hall–Kier alpha value is -2.58. The first-order valence-electron chi connectivity index (χ1n) is 9.25. The molecule has 1 N–H and O–H groups in total. The summed E-state index contributed by atoms with van der Waals surface area (Å²) in [6.45, 7) is 3.06. The number of benzene rings is 3. The second-order valence-corrected chi connectivity index (χ2v) is 6.65. The van der Waals surface area contributed by atoms with Crippen molar-refractivity contribution in [1.82, 2.24) is 0 Å². The van der Waals surface area contributed by atoms with E-state index in [-0.39, 0.29) is 6.61 Å². The van der Waals surface area contributed by atoms with Gasteiger partial charge in [-0.25, -0.2) is 0 Å². The molecule has 2 nitrogen and oxygen atoms in total. The van der Waals surface area contributed by atoms with Crippen LogP contribution in [0.25, 0.3) is 11.1 Å². The number of ether oxygens (including phenoxy) is 1. The van der Waals surface area contributed by atoms with Crippen LogP contribution >= 0.6 is 0 Å². The summed E-state index contributed by atoms with van der Waals surface area (Å²) in [5.74, 6) is 1.30. The molecule has 0 aliphatic carbocycles. The molecule has 0 aromatic heterocycles. The lowest BCUT2D eigenvalue weighted by molar-refractivity contribution is 0.281. The fourth-order valence-corrected chi connectivity index (χ4v) is 3.21. The Kier molecular flexibility index (Phi) is 6.45. The van der Waals surface area contributed by atoms with Gasteiger partial charge < -0.3 is 9.84 Å². The third kappa shape index (κ3) is 4.74. The molecular formula is C24H26O2. The van der Waals surface area contributed by atoms with E-state index in [9.17, 15) is 0 Å². The lowest BCUT2D eigenvalue weighted by Crippen LogP contribution is -1.98. The van der Waals surface area contributed by atoms with Gasteiger partial charge in [0.25, 0.3) is 0 Å². The van der Waals surface area contributed by atoms with Gasteiger partial charge in [-0.2, -0.15) is 0 Å². The standard InChI is InChI=1S/C24H26O2/c1-19(8-7-17-25)23-11-5-6-12-24(23)21-13-15-22(16-14-21)26-18-20-9-3-2-4-10-20/h2-6,9-16,19,25H,7-8,17-18H2,1H3. The molecule has 0 aliphatic rings. The lowest BCUT2D eigenvalue weighted by Gasteiger charge is -2.16. The zero-order valence-electron chi connectivity index (χ0n) is 15.3. The van der Waals surface area contributed by atoms with Crippen molar-refractivity contribution in [1.29, 1.82) is 0 Å². The van der Waals surface area contributed by atoms with Gasteiger partial charge in [0.1, 0.15) is 12.4 Å². The van der Waals surface area contributed by atoms with Gasteiger partial charge in [-0.1, -0.05) is 73.7 Å². The van der Waals surface area contributed by atoms with Crippen LogP contribution in [0.5, 0.6) is 5.75 Å². The van der Waals surface area contributed by atoms with E-state index in [1.54, 1.807) is 0 Å². The van der Waals surface area contributed by atoms with Crippen molar-refractivity contribution in [3.05, 3.63) is 90.0 Å². The van der Waals surface area contributed by atoms with E-state index >= 15 is 0 Å². The van der Waals surface area contributed by atoms with Crippen LogP contribution in [0.1, 0.15) is 36.8 Å². The summed E-state index contributed by atoms with van der Waals surface area (Å²) in [4.78, 5) is 0. The highest BCUT2D eigenvalue weighted by molar-refractivity contribution is 5.68. The molecule has 0 amide bonds. The summed E-state index contributed by atoms with van der Waals surface area (Å²) in [5.41, 5.74) is 4.95. The minimum atomic E-state index is 0.250. The summed E-state index contributed by atoms with van der Waals surface area (Å²) in [7, 11) is 0. The zero-order valence-corrected chi connectivity index (χ0v) is 15.3. The van der Waals surface area contributed by atoms with Crippen molar-refractivity contribution in [2.24, 2.45) is 0 Å². The molecular weight excluding hydrogens is 320 g/mol. The third-order valence-electron chi connectivity index (χ3n) is 4.70. The molecule has 0 saturated heterocycles. The van der Waals surface area contributed by atoms with Gasteiger partial charge in [0.15, 0.2) is 0 Å². The number of hydrogen-bond acceptors (Lipinski definition) is 2. The Labute approximate surface area is 156 Å². The quantitative estimate of drug-likeness (QED) is 0.558. The van der Waals surface area contributed by atoms with Crippen LogP contribution in [0.3, 0.4) is 0 Å². The first-order chi connectivity index (χ1) is 12.8. The highest BCUT2D eigenvalue weighted by Crippen LogP contribution is 2.32. The Balaban J connectivity index is 1.72. The van der Waals surface area contributed by atoms with Crippen molar-refractivity contribution >= 4 is 0 Å². The number of hydrogen-bond donors (Lipinski definition) is 1. The number of aliphatic hydroxyl groups is 1. The summed E-state index contributed by atoms with van der Waals surface area (Å²) >= 11 is 0. The van der Waals surface area contributed by atoms with Crippen molar-refractivity contribution in [2.45, 2.75) is 32.3 Å². The second-order valence-electron chi connectivity index (χ2n) is 6.65. The average Bonchev–Trinajstić information content (AvgIpc) is 2.71. The first-order valence-corrected chi connectivity index (χ1v) is 9.25. The highest BCUT2D eigenvalue weighted by Gasteiger charge is 2.11. The average molecular weight is 346 g/mol. The molecule has 0 bridgehead atoms. The highest BCUT2D eigenvalue weighted by atomic mass is 16.5. The maximum Gasteiger partial charge on any atom is 0.119 e. The molecule has 0 saturated carbocycles. The predicted molar refractivity (Wildman–Crippen MR) is 107 cm³/mol. The van der Waals surface area contributed by atoms with Gasteiger partial charge in [-0.15, -0.1) is 0 Å². The topological polar surface area (TPSA) is 29.5 Å². The third-order valence-corrected chi connectivity index (χ3v) is 4.70. The van der Waals surface area contributed by atoms with Gasteiger partial charge in [-0.05, 0) is 53.1 Å². The number of aliphatic hydroxyl groups excluding tert-OH is 1. The fraction of sp³-hybridized carbons (Fsp3) is 0.250. The molecule has 26 heavy (non-hydrogen) atoms. The molecule has 134 valence electrons. The van der Waals surface area contributed by atoms with E-state index in [4.69, 9.17) is 9.84 Å². The van der Waals surface area contributed by atoms with Crippen molar-refractivity contribution in [3.8, 4) is 16.9 Å². The minimum absolute atomic E-state index is 0.250. The van der Waals surface area contributed by atoms with Crippen molar-refractivity contribution in [2.75, 3.05) is 6.61 Å². The SMILES string of the molecule is CC(CCCO)c1ccccc1-c1ccc(OCc2ccccc2)cc1. The van der Waals surface area contributed by atoms with Crippen LogP contribution in [0.4, 0.5) is 0 Å². The second kappa shape index (κ2) is 9.21. The molecule has 0 fully saturated rings. The molecule has 3 aromatic rings. The Morgan fingerprint density at radius 1 is 0.846 bits per heavy atom. The summed E-state index contributed by atoms with van der Waals surface area (Å²) in [6, 6.07) is 27.0. The number of rotatable bonds is 8. The predicted octanol–water partition coefficient (Wildman–Crippen LogP) is 5.81. The van der Waals surface area contributed by atoms with Crippen molar-refractivity contribution in [3.63, 3.8) is 0 Å². The molecule has 0 spiro atoms. The Bertz CT molecular complexity index is 794. The van der Waals surface area contributed by atoms with E-state index in [2.05, 4.69) is 55.5 Å². The Morgan fingerprint density at radius 3 is 2.27 bits per heavy atom. The van der Waals surface area contributed by atoms with Gasteiger partial charge in [0.05, 0.1) is 0 Å². The van der Waals surface area contributed by atoms with E-state index in [1.807, 2.05) is 30.3 Å². The van der Waals surface area contributed by atoms with Crippen LogP contribution in [0, 0.1) is 0 Å². The van der Waals surface area contributed by atoms with Crippen LogP contribution < -0.4 is 4.74 Å². The van der Waals surface area contributed by atoms with Crippen LogP contribution in [-0.4, -0.2) is 11.7 Å². The van der Waals surface area contributed by atoms with E-state index in [0.717, 1.165) is 18.6 Å². The fourth-order valence-electron chi connectivity index (χ4n) is 3.21. The molecule has 3 aromatic carbocycles. The monoisotopic (exact) mass is 346 g/mol. The molecule has 0 radical (unpaired) electrons. The molecule has 0 heterocycles. The van der Waals surface area contributed by atoms with Gasteiger partial charge >= 0.3 is 0 Å². The molecule has 1 atom stereocenters. The van der Waals surface area contributed by atoms with Crippen LogP contribution in [-0.2, 0) is 6.61 Å². The van der Waals surface area contributed by atoms with Crippen LogP contribution in [0.2, 0.25) is 0 Å². The van der Waals surface area contributed by atoms with E-state index in [0.29, 0.717) is 12.5 Å².